The Labute approximate surface area is 106 Å². The van der Waals surface area contributed by atoms with Gasteiger partial charge in [-0.1, -0.05) is 11.6 Å². The van der Waals surface area contributed by atoms with Crippen LogP contribution in [0.2, 0.25) is 5.02 Å². The van der Waals surface area contributed by atoms with E-state index in [1.54, 1.807) is 0 Å². The molecule has 90 valence electrons. The number of halogens is 1. The summed E-state index contributed by atoms with van der Waals surface area (Å²) < 4.78 is 2.32. The maximum atomic E-state index is 6.06. The normalized spacial score (nSPS) is 17.6. The van der Waals surface area contributed by atoms with Crippen LogP contribution in [0.5, 0.6) is 0 Å². The molecule has 2 aromatic rings. The molecule has 1 atom stereocenters. The van der Waals surface area contributed by atoms with Crippen molar-refractivity contribution < 1.29 is 0 Å². The molecule has 0 radical (unpaired) electrons. The van der Waals surface area contributed by atoms with Crippen LogP contribution >= 0.6 is 11.6 Å². The number of imidazole rings is 1. The molecule has 3 nitrogen and oxygen atoms in total. The molecular weight excluding hydrogens is 234 g/mol. The molecule has 1 aliphatic carbocycles. The molecule has 0 bridgehead atoms. The summed E-state index contributed by atoms with van der Waals surface area (Å²) in [6.45, 7) is 2.02. The van der Waals surface area contributed by atoms with Gasteiger partial charge < -0.3 is 10.3 Å². The van der Waals surface area contributed by atoms with Gasteiger partial charge in [-0.05, 0) is 38.0 Å². The quantitative estimate of drug-likeness (QED) is 0.909. The lowest BCUT2D eigenvalue weighted by atomic mass is 10.2. The monoisotopic (exact) mass is 249 g/mol. The minimum Gasteiger partial charge on any atom is -0.328 e. The van der Waals surface area contributed by atoms with E-state index < -0.39 is 0 Å². The third-order valence-corrected chi connectivity index (χ3v) is 3.38. The zero-order valence-electron chi connectivity index (χ0n) is 9.86. The van der Waals surface area contributed by atoms with E-state index in [0.29, 0.717) is 6.04 Å². The van der Waals surface area contributed by atoms with Crippen LogP contribution in [-0.4, -0.2) is 15.6 Å². The summed E-state index contributed by atoms with van der Waals surface area (Å²) in [5, 5.41) is 0.770. The third-order valence-electron chi connectivity index (χ3n) is 3.14. The summed E-state index contributed by atoms with van der Waals surface area (Å²) in [7, 11) is 0. The van der Waals surface area contributed by atoms with Gasteiger partial charge >= 0.3 is 0 Å². The number of fused-ring (bicyclic) bond motifs is 1. The molecule has 1 fully saturated rings. The lowest BCUT2D eigenvalue weighted by molar-refractivity contribution is 0.639. The standard InChI is InChI=1S/C13H16ClN3/c1-8(15)6-13-16-11-5-2-9(14)7-12(11)17(13)10-3-4-10/h2,5,7-8,10H,3-4,6,15H2,1H3. The Bertz CT molecular complexity index is 555. The third kappa shape index (κ3) is 2.05. The maximum Gasteiger partial charge on any atom is 0.111 e. The van der Waals surface area contributed by atoms with Crippen molar-refractivity contribution in [2.24, 2.45) is 5.73 Å². The second-order valence-corrected chi connectivity index (χ2v) is 5.38. The highest BCUT2D eigenvalue weighted by atomic mass is 35.5. The number of hydrogen-bond donors (Lipinski definition) is 1. The molecule has 1 saturated carbocycles. The Balaban J connectivity index is 2.16. The Morgan fingerprint density at radius 1 is 1.53 bits per heavy atom. The minimum absolute atomic E-state index is 0.139. The summed E-state index contributed by atoms with van der Waals surface area (Å²) in [6.07, 6.45) is 3.30. The smallest absolute Gasteiger partial charge is 0.111 e. The van der Waals surface area contributed by atoms with Crippen LogP contribution in [-0.2, 0) is 6.42 Å². The van der Waals surface area contributed by atoms with Crippen molar-refractivity contribution in [2.75, 3.05) is 0 Å². The van der Waals surface area contributed by atoms with Gasteiger partial charge in [-0.15, -0.1) is 0 Å². The summed E-state index contributed by atoms with van der Waals surface area (Å²) in [4.78, 5) is 4.68. The van der Waals surface area contributed by atoms with E-state index in [0.717, 1.165) is 28.3 Å². The van der Waals surface area contributed by atoms with Crippen LogP contribution in [0, 0.1) is 0 Å². The van der Waals surface area contributed by atoms with Crippen LogP contribution in [0.15, 0.2) is 18.2 Å². The molecule has 0 saturated heterocycles. The largest absolute Gasteiger partial charge is 0.328 e. The summed E-state index contributed by atoms with van der Waals surface area (Å²) in [6, 6.07) is 6.63. The van der Waals surface area contributed by atoms with Gasteiger partial charge in [0.15, 0.2) is 0 Å². The van der Waals surface area contributed by atoms with E-state index in [2.05, 4.69) is 9.55 Å². The van der Waals surface area contributed by atoms with E-state index in [-0.39, 0.29) is 6.04 Å². The zero-order chi connectivity index (χ0) is 12.0. The summed E-state index contributed by atoms with van der Waals surface area (Å²) in [5.41, 5.74) is 8.06. The van der Waals surface area contributed by atoms with E-state index in [9.17, 15) is 0 Å². The van der Waals surface area contributed by atoms with Crippen molar-refractivity contribution in [3.8, 4) is 0 Å². The molecule has 17 heavy (non-hydrogen) atoms. The van der Waals surface area contributed by atoms with Gasteiger partial charge in [0.1, 0.15) is 5.82 Å². The molecule has 1 unspecified atom stereocenters. The first-order valence-corrected chi connectivity index (χ1v) is 6.45. The predicted molar refractivity (Wildman–Crippen MR) is 70.4 cm³/mol. The van der Waals surface area contributed by atoms with E-state index in [1.807, 2.05) is 25.1 Å². The van der Waals surface area contributed by atoms with E-state index in [4.69, 9.17) is 17.3 Å². The molecule has 1 aromatic heterocycles. The van der Waals surface area contributed by atoms with Crippen molar-refractivity contribution in [3.05, 3.63) is 29.0 Å². The van der Waals surface area contributed by atoms with E-state index >= 15 is 0 Å². The fraction of sp³-hybridized carbons (Fsp3) is 0.462. The number of hydrogen-bond acceptors (Lipinski definition) is 2. The van der Waals surface area contributed by atoms with Crippen LogP contribution in [0.4, 0.5) is 0 Å². The minimum atomic E-state index is 0.139. The van der Waals surface area contributed by atoms with Gasteiger partial charge in [0.05, 0.1) is 11.0 Å². The van der Waals surface area contributed by atoms with Crippen molar-refractivity contribution in [2.45, 2.75) is 38.3 Å². The van der Waals surface area contributed by atoms with Crippen LogP contribution in [0.1, 0.15) is 31.6 Å². The number of rotatable bonds is 3. The lowest BCUT2D eigenvalue weighted by Gasteiger charge is -2.09. The van der Waals surface area contributed by atoms with Gasteiger partial charge in [0.2, 0.25) is 0 Å². The Hall–Kier alpha value is -1.06. The maximum absolute atomic E-state index is 6.06. The van der Waals surface area contributed by atoms with Gasteiger partial charge in [-0.2, -0.15) is 0 Å². The van der Waals surface area contributed by atoms with Crippen molar-refractivity contribution in [1.82, 2.24) is 9.55 Å². The molecule has 1 aromatic carbocycles. The first kappa shape index (κ1) is 11.1. The molecule has 4 heteroatoms. The van der Waals surface area contributed by atoms with E-state index in [1.165, 1.54) is 12.8 Å². The Kier molecular flexibility index (Phi) is 2.60. The van der Waals surface area contributed by atoms with Crippen LogP contribution in [0.3, 0.4) is 0 Å². The lowest BCUT2D eigenvalue weighted by Crippen LogP contribution is -2.20. The fourth-order valence-electron chi connectivity index (χ4n) is 2.29. The second kappa shape index (κ2) is 4.00. The highest BCUT2D eigenvalue weighted by Crippen LogP contribution is 2.39. The average molecular weight is 250 g/mol. The number of nitrogens with zero attached hydrogens (tertiary/aromatic N) is 2. The molecular formula is C13H16ClN3. The zero-order valence-corrected chi connectivity index (χ0v) is 10.6. The van der Waals surface area contributed by atoms with Gasteiger partial charge in [0.25, 0.3) is 0 Å². The van der Waals surface area contributed by atoms with Crippen molar-refractivity contribution in [3.63, 3.8) is 0 Å². The molecule has 1 heterocycles. The second-order valence-electron chi connectivity index (χ2n) is 4.94. The molecule has 0 spiro atoms. The predicted octanol–water partition coefficient (Wildman–Crippen LogP) is 2.91. The van der Waals surface area contributed by atoms with Gasteiger partial charge in [0, 0.05) is 23.5 Å². The molecule has 3 rings (SSSR count). The van der Waals surface area contributed by atoms with Crippen LogP contribution in [0.25, 0.3) is 11.0 Å². The highest BCUT2D eigenvalue weighted by Gasteiger charge is 2.28. The SMILES string of the molecule is CC(N)Cc1nc2ccc(Cl)cc2n1C1CC1. The highest BCUT2D eigenvalue weighted by molar-refractivity contribution is 6.31. The summed E-state index contributed by atoms with van der Waals surface area (Å²) >= 11 is 6.06. The van der Waals surface area contributed by atoms with Crippen molar-refractivity contribution >= 4 is 22.6 Å². The summed E-state index contributed by atoms with van der Waals surface area (Å²) in [5.74, 6) is 1.10. The number of benzene rings is 1. The Morgan fingerprint density at radius 3 is 2.94 bits per heavy atom. The topological polar surface area (TPSA) is 43.8 Å². The first-order valence-electron chi connectivity index (χ1n) is 6.07. The Morgan fingerprint density at radius 2 is 2.29 bits per heavy atom. The number of aromatic nitrogens is 2. The van der Waals surface area contributed by atoms with Gasteiger partial charge in [-0.25, -0.2) is 4.98 Å². The molecule has 2 N–H and O–H groups in total. The van der Waals surface area contributed by atoms with Gasteiger partial charge in [-0.3, -0.25) is 0 Å². The first-order chi connectivity index (χ1) is 8.15. The molecule has 0 amide bonds. The van der Waals surface area contributed by atoms with Crippen LogP contribution < -0.4 is 5.73 Å². The molecule has 0 aliphatic heterocycles. The number of nitrogens with two attached hydrogens (primary N) is 1. The molecule has 1 aliphatic rings. The fourth-order valence-corrected chi connectivity index (χ4v) is 2.45. The average Bonchev–Trinajstić information content (AvgIpc) is 3.01. The van der Waals surface area contributed by atoms with Crippen molar-refractivity contribution in [1.29, 1.82) is 0 Å².